The first-order valence-electron chi connectivity index (χ1n) is 6.68. The summed E-state index contributed by atoms with van der Waals surface area (Å²) in [5.74, 6) is 0.937. The molecule has 20 heavy (non-hydrogen) atoms. The topological polar surface area (TPSA) is 54.1 Å². The molecule has 2 rings (SSSR count). The van der Waals surface area contributed by atoms with Crippen molar-refractivity contribution in [1.29, 1.82) is 0 Å². The van der Waals surface area contributed by atoms with Gasteiger partial charge in [0.1, 0.15) is 5.75 Å². The molecule has 2 N–H and O–H groups in total. The van der Waals surface area contributed by atoms with E-state index in [0.717, 1.165) is 16.5 Å². The van der Waals surface area contributed by atoms with E-state index in [2.05, 4.69) is 17.2 Å². The monoisotopic (exact) mass is 294 g/mol. The molecule has 0 spiro atoms. The Morgan fingerprint density at radius 1 is 1.50 bits per heavy atom. The van der Waals surface area contributed by atoms with Crippen molar-refractivity contribution in [2.75, 3.05) is 13.7 Å². The van der Waals surface area contributed by atoms with Crippen LogP contribution in [0.1, 0.15) is 31.7 Å². The van der Waals surface area contributed by atoms with Crippen LogP contribution in [0.4, 0.5) is 0 Å². The normalized spacial score (nSPS) is 12.4. The fraction of sp³-hybridized carbons (Fsp3) is 0.400. The fourth-order valence-electron chi connectivity index (χ4n) is 2.21. The van der Waals surface area contributed by atoms with Crippen LogP contribution in [-0.2, 0) is 4.79 Å². The molecule has 0 aliphatic heterocycles. The Hall–Kier alpha value is -1.68. The van der Waals surface area contributed by atoms with Gasteiger partial charge in [0.05, 0.1) is 12.1 Å². The van der Waals surface area contributed by atoms with E-state index in [1.807, 2.05) is 25.3 Å². The van der Waals surface area contributed by atoms with Crippen LogP contribution in [0.25, 0.3) is 10.9 Å². The number of hydrogen-bond acceptors (Lipinski definition) is 2. The lowest BCUT2D eigenvalue weighted by molar-refractivity contribution is -0.120. The van der Waals surface area contributed by atoms with Crippen molar-refractivity contribution in [3.05, 3.63) is 28.9 Å². The molecule has 108 valence electrons. The predicted molar refractivity (Wildman–Crippen MR) is 81.6 cm³/mol. The first-order valence-corrected chi connectivity index (χ1v) is 7.05. The quantitative estimate of drug-likeness (QED) is 0.887. The summed E-state index contributed by atoms with van der Waals surface area (Å²) in [4.78, 5) is 14.5. The number of amides is 1. The van der Waals surface area contributed by atoms with Crippen LogP contribution in [0.3, 0.4) is 0 Å². The van der Waals surface area contributed by atoms with Crippen LogP contribution in [0.5, 0.6) is 5.75 Å². The van der Waals surface area contributed by atoms with E-state index in [4.69, 9.17) is 16.3 Å². The summed E-state index contributed by atoms with van der Waals surface area (Å²) in [6.07, 6.45) is 2.47. The molecule has 0 bridgehead atoms. The molecule has 1 heterocycles. The number of halogens is 1. The Labute approximate surface area is 123 Å². The third-order valence-corrected chi connectivity index (χ3v) is 3.74. The summed E-state index contributed by atoms with van der Waals surface area (Å²) in [6.45, 7) is 4.54. The first-order chi connectivity index (χ1) is 9.56. The number of carbonyl (C=O) groups excluding carboxylic acids is 1. The third kappa shape index (κ3) is 2.90. The summed E-state index contributed by atoms with van der Waals surface area (Å²) < 4.78 is 5.26. The highest BCUT2D eigenvalue weighted by atomic mass is 35.5. The van der Waals surface area contributed by atoms with Crippen molar-refractivity contribution in [3.63, 3.8) is 0 Å². The number of ether oxygens (including phenoxy) is 1. The van der Waals surface area contributed by atoms with Gasteiger partial charge in [-0.05, 0) is 17.7 Å². The van der Waals surface area contributed by atoms with Gasteiger partial charge in [0.2, 0.25) is 5.91 Å². The molecule has 0 saturated carbocycles. The zero-order chi connectivity index (χ0) is 14.7. The standard InChI is InChI=1S/C15H19ClN2O2/c1-4-15(19)18-7-9(2)11-8-17-13-6-12(16)14(20-3)5-10(11)13/h5-6,8-9,17H,4,7H2,1-3H3,(H,18,19). The van der Waals surface area contributed by atoms with Crippen LogP contribution in [0.15, 0.2) is 18.3 Å². The molecule has 1 aromatic heterocycles. The van der Waals surface area contributed by atoms with Crippen LogP contribution in [0.2, 0.25) is 5.02 Å². The molecular formula is C15H19ClN2O2. The predicted octanol–water partition coefficient (Wildman–Crippen LogP) is 3.46. The minimum atomic E-state index is 0.0670. The largest absolute Gasteiger partial charge is 0.495 e. The second-order valence-corrected chi connectivity index (χ2v) is 5.24. The van der Waals surface area contributed by atoms with E-state index < -0.39 is 0 Å². The van der Waals surface area contributed by atoms with Gasteiger partial charge in [0, 0.05) is 36.0 Å². The molecule has 1 atom stereocenters. The molecule has 4 nitrogen and oxygen atoms in total. The Kier molecular flexibility index (Phi) is 4.55. The molecule has 2 aromatic rings. The lowest BCUT2D eigenvalue weighted by atomic mass is 10.0. The van der Waals surface area contributed by atoms with Crippen LogP contribution in [0, 0.1) is 0 Å². The lowest BCUT2D eigenvalue weighted by Crippen LogP contribution is -2.26. The van der Waals surface area contributed by atoms with Gasteiger partial charge in [0.25, 0.3) is 0 Å². The number of benzene rings is 1. The average molecular weight is 295 g/mol. The molecule has 1 aromatic carbocycles. The van der Waals surface area contributed by atoms with Crippen molar-refractivity contribution in [1.82, 2.24) is 10.3 Å². The zero-order valence-electron chi connectivity index (χ0n) is 11.9. The van der Waals surface area contributed by atoms with Crippen LogP contribution >= 0.6 is 11.6 Å². The summed E-state index contributed by atoms with van der Waals surface area (Å²) in [6, 6.07) is 3.79. The molecule has 1 unspecified atom stereocenters. The maximum atomic E-state index is 11.3. The fourth-order valence-corrected chi connectivity index (χ4v) is 2.45. The van der Waals surface area contributed by atoms with E-state index >= 15 is 0 Å². The minimum Gasteiger partial charge on any atom is -0.495 e. The Balaban J connectivity index is 2.27. The number of H-pyrrole nitrogens is 1. The van der Waals surface area contributed by atoms with Gasteiger partial charge in [-0.1, -0.05) is 25.4 Å². The molecule has 5 heteroatoms. The van der Waals surface area contributed by atoms with E-state index in [0.29, 0.717) is 23.7 Å². The third-order valence-electron chi connectivity index (χ3n) is 3.44. The second kappa shape index (κ2) is 6.18. The smallest absolute Gasteiger partial charge is 0.219 e. The Morgan fingerprint density at radius 3 is 2.90 bits per heavy atom. The van der Waals surface area contributed by atoms with E-state index in [1.54, 1.807) is 7.11 Å². The number of aromatic nitrogens is 1. The maximum Gasteiger partial charge on any atom is 0.219 e. The minimum absolute atomic E-state index is 0.0670. The number of rotatable bonds is 5. The number of aromatic amines is 1. The highest BCUT2D eigenvalue weighted by Gasteiger charge is 2.14. The van der Waals surface area contributed by atoms with Crippen molar-refractivity contribution >= 4 is 28.4 Å². The van der Waals surface area contributed by atoms with Gasteiger partial charge in [-0.2, -0.15) is 0 Å². The van der Waals surface area contributed by atoms with Crippen molar-refractivity contribution in [2.45, 2.75) is 26.2 Å². The van der Waals surface area contributed by atoms with Gasteiger partial charge in [-0.15, -0.1) is 0 Å². The number of methoxy groups -OCH3 is 1. The van der Waals surface area contributed by atoms with Crippen molar-refractivity contribution in [2.24, 2.45) is 0 Å². The molecule has 1 amide bonds. The average Bonchev–Trinajstić information content (AvgIpc) is 2.85. The SMILES string of the molecule is CCC(=O)NCC(C)c1c[nH]c2cc(Cl)c(OC)cc12. The first kappa shape index (κ1) is 14.7. The highest BCUT2D eigenvalue weighted by molar-refractivity contribution is 6.32. The highest BCUT2D eigenvalue weighted by Crippen LogP contribution is 2.33. The molecule has 0 aliphatic rings. The van der Waals surface area contributed by atoms with Crippen LogP contribution in [-0.4, -0.2) is 24.5 Å². The van der Waals surface area contributed by atoms with Gasteiger partial charge in [-0.3, -0.25) is 4.79 Å². The number of hydrogen-bond donors (Lipinski definition) is 2. The summed E-state index contributed by atoms with van der Waals surface area (Å²) in [7, 11) is 1.60. The molecule has 0 saturated heterocycles. The van der Waals surface area contributed by atoms with Gasteiger partial charge in [0.15, 0.2) is 0 Å². The number of fused-ring (bicyclic) bond motifs is 1. The Bertz CT molecular complexity index is 622. The summed E-state index contributed by atoms with van der Waals surface area (Å²) in [5, 5.41) is 4.57. The van der Waals surface area contributed by atoms with Gasteiger partial charge < -0.3 is 15.0 Å². The van der Waals surface area contributed by atoms with E-state index in [9.17, 15) is 4.79 Å². The summed E-state index contributed by atoms with van der Waals surface area (Å²) >= 11 is 6.11. The molecular weight excluding hydrogens is 276 g/mol. The molecule has 0 fully saturated rings. The molecule has 0 radical (unpaired) electrons. The van der Waals surface area contributed by atoms with Crippen LogP contribution < -0.4 is 10.1 Å². The number of nitrogens with one attached hydrogen (secondary N) is 2. The summed E-state index contributed by atoms with van der Waals surface area (Å²) in [5.41, 5.74) is 2.12. The van der Waals surface area contributed by atoms with Crippen molar-refractivity contribution in [3.8, 4) is 5.75 Å². The van der Waals surface area contributed by atoms with E-state index in [1.165, 1.54) is 0 Å². The number of carbonyl (C=O) groups is 1. The maximum absolute atomic E-state index is 11.3. The Morgan fingerprint density at radius 2 is 2.25 bits per heavy atom. The van der Waals surface area contributed by atoms with Gasteiger partial charge in [-0.25, -0.2) is 0 Å². The zero-order valence-corrected chi connectivity index (χ0v) is 12.7. The molecule has 0 aliphatic carbocycles. The lowest BCUT2D eigenvalue weighted by Gasteiger charge is -2.12. The second-order valence-electron chi connectivity index (χ2n) is 4.84. The van der Waals surface area contributed by atoms with Crippen molar-refractivity contribution < 1.29 is 9.53 Å². The van der Waals surface area contributed by atoms with Gasteiger partial charge >= 0.3 is 0 Å². The van der Waals surface area contributed by atoms with E-state index in [-0.39, 0.29) is 11.8 Å².